The van der Waals surface area contributed by atoms with Gasteiger partial charge in [0.15, 0.2) is 0 Å². The number of hydrogen-bond acceptors (Lipinski definition) is 4. The van der Waals surface area contributed by atoms with E-state index in [0.717, 1.165) is 29.4 Å². The van der Waals surface area contributed by atoms with Gasteiger partial charge in [-0.2, -0.15) is 0 Å². The first kappa shape index (κ1) is 13.0. The van der Waals surface area contributed by atoms with Gasteiger partial charge >= 0.3 is 0 Å². The molecule has 96 valence electrons. The maximum absolute atomic E-state index is 4.17. The van der Waals surface area contributed by atoms with Crippen molar-refractivity contribution in [3.05, 3.63) is 40.9 Å². The molecule has 0 spiro atoms. The third-order valence-corrected chi connectivity index (χ3v) is 3.91. The summed E-state index contributed by atoms with van der Waals surface area (Å²) in [7, 11) is 0. The van der Waals surface area contributed by atoms with Crippen LogP contribution in [0.15, 0.2) is 30.3 Å². The Bertz CT molecular complexity index is 467. The van der Waals surface area contributed by atoms with Gasteiger partial charge in [0.25, 0.3) is 0 Å². The highest BCUT2D eigenvalue weighted by molar-refractivity contribution is 7.15. The molecule has 0 amide bonds. The van der Waals surface area contributed by atoms with Gasteiger partial charge in [-0.15, -0.1) is 10.2 Å². The molecular formula is C14H19N3S. The fourth-order valence-electron chi connectivity index (χ4n) is 1.83. The van der Waals surface area contributed by atoms with Gasteiger partial charge < -0.3 is 5.32 Å². The van der Waals surface area contributed by atoms with Crippen molar-refractivity contribution in [1.82, 2.24) is 10.2 Å². The van der Waals surface area contributed by atoms with Crippen molar-refractivity contribution < 1.29 is 0 Å². The maximum atomic E-state index is 4.17. The smallest absolute Gasteiger partial charge is 0.205 e. The van der Waals surface area contributed by atoms with Gasteiger partial charge in [-0.3, -0.25) is 0 Å². The van der Waals surface area contributed by atoms with Crippen molar-refractivity contribution in [2.75, 3.05) is 5.32 Å². The summed E-state index contributed by atoms with van der Waals surface area (Å²) in [5.74, 6) is 0. The Labute approximate surface area is 112 Å². The summed E-state index contributed by atoms with van der Waals surface area (Å²) in [6.45, 7) is 4.30. The highest BCUT2D eigenvalue weighted by atomic mass is 32.1. The van der Waals surface area contributed by atoms with E-state index in [1.54, 1.807) is 11.3 Å². The zero-order chi connectivity index (χ0) is 12.8. The van der Waals surface area contributed by atoms with Gasteiger partial charge in [0.1, 0.15) is 5.01 Å². The van der Waals surface area contributed by atoms with Crippen LogP contribution >= 0.6 is 11.3 Å². The lowest BCUT2D eigenvalue weighted by Crippen LogP contribution is -2.21. The molecule has 0 fully saturated rings. The van der Waals surface area contributed by atoms with Gasteiger partial charge in [-0.05, 0) is 24.8 Å². The Morgan fingerprint density at radius 3 is 2.56 bits per heavy atom. The van der Waals surface area contributed by atoms with Crippen LogP contribution in [0.4, 0.5) is 5.13 Å². The number of aryl methyl sites for hydroxylation is 1. The van der Waals surface area contributed by atoms with E-state index in [-0.39, 0.29) is 0 Å². The number of nitrogens with one attached hydrogen (secondary N) is 1. The lowest BCUT2D eigenvalue weighted by molar-refractivity contribution is 0.688. The molecule has 0 saturated heterocycles. The predicted octanol–water partition coefficient (Wildman–Crippen LogP) is 3.53. The number of hydrogen-bond donors (Lipinski definition) is 1. The lowest BCUT2D eigenvalue weighted by Gasteiger charge is -2.15. The standard InChI is InChI=1S/C14H19N3S/c1-3-12(10-11-8-6-5-7-9-11)15-14-17-16-13(4-2)18-14/h5-9,12H,3-4,10H2,1-2H3,(H,15,17). The van der Waals surface area contributed by atoms with E-state index in [0.29, 0.717) is 6.04 Å². The van der Waals surface area contributed by atoms with Crippen molar-refractivity contribution in [3.63, 3.8) is 0 Å². The first-order chi connectivity index (χ1) is 8.81. The van der Waals surface area contributed by atoms with Crippen LogP contribution in [0.5, 0.6) is 0 Å². The molecule has 1 atom stereocenters. The summed E-state index contributed by atoms with van der Waals surface area (Å²) in [6.07, 6.45) is 3.06. The molecular weight excluding hydrogens is 242 g/mol. The van der Waals surface area contributed by atoms with Gasteiger partial charge in [-0.1, -0.05) is 55.5 Å². The van der Waals surface area contributed by atoms with Crippen LogP contribution in [-0.4, -0.2) is 16.2 Å². The van der Waals surface area contributed by atoms with Gasteiger partial charge in [0, 0.05) is 6.04 Å². The first-order valence-electron chi connectivity index (χ1n) is 6.44. The second kappa shape index (κ2) is 6.50. The average Bonchev–Trinajstić information content (AvgIpc) is 2.87. The molecule has 0 bridgehead atoms. The third-order valence-electron chi connectivity index (χ3n) is 2.91. The van der Waals surface area contributed by atoms with Crippen molar-refractivity contribution in [2.45, 2.75) is 39.2 Å². The molecule has 0 radical (unpaired) electrons. The number of aromatic nitrogens is 2. The first-order valence-corrected chi connectivity index (χ1v) is 7.26. The van der Waals surface area contributed by atoms with Crippen LogP contribution in [0.2, 0.25) is 0 Å². The third kappa shape index (κ3) is 3.53. The lowest BCUT2D eigenvalue weighted by atomic mass is 10.0. The predicted molar refractivity (Wildman–Crippen MR) is 77.1 cm³/mol. The van der Waals surface area contributed by atoms with E-state index in [1.807, 2.05) is 0 Å². The SMILES string of the molecule is CCc1nnc(NC(CC)Cc2ccccc2)s1. The monoisotopic (exact) mass is 261 g/mol. The van der Waals surface area contributed by atoms with Crippen LogP contribution in [0.3, 0.4) is 0 Å². The van der Waals surface area contributed by atoms with E-state index in [9.17, 15) is 0 Å². The van der Waals surface area contributed by atoms with Crippen molar-refractivity contribution in [2.24, 2.45) is 0 Å². The number of benzene rings is 1. The van der Waals surface area contributed by atoms with Gasteiger partial charge in [0.2, 0.25) is 5.13 Å². The Morgan fingerprint density at radius 2 is 1.94 bits per heavy atom. The topological polar surface area (TPSA) is 37.8 Å². The molecule has 1 aromatic heterocycles. The van der Waals surface area contributed by atoms with E-state index < -0.39 is 0 Å². The average molecular weight is 261 g/mol. The summed E-state index contributed by atoms with van der Waals surface area (Å²) in [5.41, 5.74) is 1.36. The fraction of sp³-hybridized carbons (Fsp3) is 0.429. The molecule has 0 aliphatic carbocycles. The number of anilines is 1. The normalized spacial score (nSPS) is 12.3. The highest BCUT2D eigenvalue weighted by Crippen LogP contribution is 2.18. The second-order valence-electron chi connectivity index (χ2n) is 4.29. The van der Waals surface area contributed by atoms with Crippen LogP contribution in [-0.2, 0) is 12.8 Å². The number of rotatable bonds is 6. The van der Waals surface area contributed by atoms with Crippen molar-refractivity contribution in [1.29, 1.82) is 0 Å². The summed E-state index contributed by atoms with van der Waals surface area (Å²) >= 11 is 1.65. The zero-order valence-electron chi connectivity index (χ0n) is 10.9. The van der Waals surface area contributed by atoms with Crippen molar-refractivity contribution >= 4 is 16.5 Å². The molecule has 2 aromatic rings. The second-order valence-corrected chi connectivity index (χ2v) is 5.36. The summed E-state index contributed by atoms with van der Waals surface area (Å²) in [5, 5.41) is 13.8. The van der Waals surface area contributed by atoms with Gasteiger partial charge in [0.05, 0.1) is 0 Å². The van der Waals surface area contributed by atoms with Crippen molar-refractivity contribution in [3.8, 4) is 0 Å². The Morgan fingerprint density at radius 1 is 1.17 bits per heavy atom. The minimum atomic E-state index is 0.421. The summed E-state index contributed by atoms with van der Waals surface area (Å²) < 4.78 is 0. The summed E-state index contributed by atoms with van der Waals surface area (Å²) in [6, 6.07) is 11.0. The highest BCUT2D eigenvalue weighted by Gasteiger charge is 2.10. The Balaban J connectivity index is 1.97. The van der Waals surface area contributed by atoms with E-state index in [1.165, 1.54) is 5.56 Å². The van der Waals surface area contributed by atoms with Crippen LogP contribution in [0.25, 0.3) is 0 Å². The molecule has 1 unspecified atom stereocenters. The molecule has 0 aliphatic heterocycles. The summed E-state index contributed by atoms with van der Waals surface area (Å²) in [4.78, 5) is 0. The maximum Gasteiger partial charge on any atom is 0.205 e. The van der Waals surface area contributed by atoms with Gasteiger partial charge in [-0.25, -0.2) is 0 Å². The van der Waals surface area contributed by atoms with E-state index >= 15 is 0 Å². The van der Waals surface area contributed by atoms with E-state index in [2.05, 4.69) is 59.7 Å². The molecule has 1 N–H and O–H groups in total. The van der Waals surface area contributed by atoms with Crippen LogP contribution in [0.1, 0.15) is 30.8 Å². The number of nitrogens with zero attached hydrogens (tertiary/aromatic N) is 2. The molecule has 0 saturated carbocycles. The molecule has 18 heavy (non-hydrogen) atoms. The molecule has 2 rings (SSSR count). The molecule has 1 heterocycles. The minimum Gasteiger partial charge on any atom is -0.357 e. The molecule has 3 nitrogen and oxygen atoms in total. The molecule has 4 heteroatoms. The molecule has 0 aliphatic rings. The minimum absolute atomic E-state index is 0.421. The molecule has 1 aromatic carbocycles. The Kier molecular flexibility index (Phi) is 4.70. The largest absolute Gasteiger partial charge is 0.357 e. The Hall–Kier alpha value is -1.42. The quantitative estimate of drug-likeness (QED) is 0.864. The zero-order valence-corrected chi connectivity index (χ0v) is 11.7. The fourth-order valence-corrected chi connectivity index (χ4v) is 2.58. The van der Waals surface area contributed by atoms with Crippen LogP contribution < -0.4 is 5.32 Å². The van der Waals surface area contributed by atoms with Crippen LogP contribution in [0, 0.1) is 0 Å². The van der Waals surface area contributed by atoms with E-state index in [4.69, 9.17) is 0 Å².